The van der Waals surface area contributed by atoms with Crippen molar-refractivity contribution >= 4 is 34.2 Å². The first kappa shape index (κ1) is 20.1. The largest absolute Gasteiger partial charge is 0.450 e. The Morgan fingerprint density at radius 3 is 2.73 bits per heavy atom. The summed E-state index contributed by atoms with van der Waals surface area (Å²) in [5.41, 5.74) is 1.03. The fourth-order valence-electron chi connectivity index (χ4n) is 3.72. The second-order valence-corrected chi connectivity index (χ2v) is 7.42. The van der Waals surface area contributed by atoms with Crippen molar-refractivity contribution < 1.29 is 18.9 Å². The van der Waals surface area contributed by atoms with E-state index in [1.807, 2.05) is 0 Å². The topological polar surface area (TPSA) is 103 Å². The third-order valence-electron chi connectivity index (χ3n) is 5.18. The smallest absolute Gasteiger partial charge is 0.290 e. The van der Waals surface area contributed by atoms with Gasteiger partial charge in [-0.1, -0.05) is 23.7 Å². The molecule has 0 unspecified atom stereocenters. The Morgan fingerprint density at radius 1 is 1.27 bits per heavy atom. The second kappa shape index (κ2) is 7.55. The molecule has 1 aromatic heterocycles. The average molecular weight is 429 g/mol. The molecule has 0 fully saturated rings. The fourth-order valence-corrected chi connectivity index (χ4v) is 3.88. The van der Waals surface area contributed by atoms with Crippen molar-refractivity contribution in [2.45, 2.75) is 13.0 Å². The standard InChI is InChI=1S/C21H17ClN2O6/c1-11-8-16-14(10-15(11)22)19(25)17-18(12-4-3-5-13(9-12)24(27)28)23(6-7-29-2)21(26)20(17)30-16/h3-5,8-10,18H,6-7H2,1-2H3/t18-/m1/s1. The molecule has 2 aromatic carbocycles. The zero-order valence-corrected chi connectivity index (χ0v) is 16.9. The van der Waals surface area contributed by atoms with Gasteiger partial charge in [0.05, 0.1) is 28.5 Å². The van der Waals surface area contributed by atoms with Crippen LogP contribution in [0.15, 0.2) is 45.6 Å². The lowest BCUT2D eigenvalue weighted by Crippen LogP contribution is -2.32. The van der Waals surface area contributed by atoms with E-state index in [-0.39, 0.29) is 41.1 Å². The summed E-state index contributed by atoms with van der Waals surface area (Å²) in [6, 6.07) is 8.19. The molecule has 30 heavy (non-hydrogen) atoms. The number of carbonyl (C=O) groups is 1. The van der Waals surface area contributed by atoms with E-state index in [1.54, 1.807) is 19.1 Å². The number of hydrogen-bond acceptors (Lipinski definition) is 6. The normalized spacial score (nSPS) is 15.6. The number of hydrogen-bond donors (Lipinski definition) is 0. The van der Waals surface area contributed by atoms with Crippen LogP contribution in [0.5, 0.6) is 0 Å². The van der Waals surface area contributed by atoms with Crippen molar-refractivity contribution in [2.24, 2.45) is 0 Å². The third-order valence-corrected chi connectivity index (χ3v) is 5.59. The van der Waals surface area contributed by atoms with Crippen LogP contribution in [0.3, 0.4) is 0 Å². The predicted octanol–water partition coefficient (Wildman–Crippen LogP) is 3.85. The number of amides is 1. The number of benzene rings is 2. The van der Waals surface area contributed by atoms with Gasteiger partial charge in [0, 0.05) is 30.8 Å². The molecule has 0 aliphatic carbocycles. The Hall–Kier alpha value is -3.23. The van der Waals surface area contributed by atoms with Crippen LogP contribution in [0.1, 0.15) is 33.3 Å². The number of rotatable bonds is 5. The SMILES string of the molecule is COCCN1C(=O)c2oc3cc(C)c(Cl)cc3c(=O)c2[C@H]1c1cccc([N+](=O)[O-])c1. The minimum atomic E-state index is -0.830. The van der Waals surface area contributed by atoms with Crippen LogP contribution >= 0.6 is 11.6 Å². The van der Waals surface area contributed by atoms with Crippen molar-refractivity contribution in [3.63, 3.8) is 0 Å². The molecule has 3 aromatic rings. The van der Waals surface area contributed by atoms with Crippen molar-refractivity contribution in [1.82, 2.24) is 4.90 Å². The van der Waals surface area contributed by atoms with Gasteiger partial charge in [0.2, 0.25) is 5.76 Å². The monoisotopic (exact) mass is 428 g/mol. The molecule has 1 amide bonds. The van der Waals surface area contributed by atoms with E-state index < -0.39 is 22.3 Å². The van der Waals surface area contributed by atoms with Crippen molar-refractivity contribution in [3.8, 4) is 0 Å². The Balaban J connectivity index is 1.99. The zero-order chi connectivity index (χ0) is 21.6. The molecule has 0 saturated heterocycles. The number of non-ortho nitro benzene ring substituents is 1. The molecule has 1 aliphatic heterocycles. The molecule has 0 bridgehead atoms. The molecule has 154 valence electrons. The first-order chi connectivity index (χ1) is 14.3. The zero-order valence-electron chi connectivity index (χ0n) is 16.2. The number of aryl methyl sites for hydroxylation is 1. The van der Waals surface area contributed by atoms with E-state index in [0.717, 1.165) is 0 Å². The summed E-state index contributed by atoms with van der Waals surface area (Å²) >= 11 is 6.20. The fraction of sp³-hybridized carbons (Fsp3) is 0.238. The van der Waals surface area contributed by atoms with E-state index in [1.165, 1.54) is 36.3 Å². The van der Waals surface area contributed by atoms with Gasteiger partial charge in [-0.15, -0.1) is 0 Å². The first-order valence-corrected chi connectivity index (χ1v) is 9.52. The van der Waals surface area contributed by atoms with Crippen LogP contribution in [0.4, 0.5) is 5.69 Å². The second-order valence-electron chi connectivity index (χ2n) is 7.02. The van der Waals surface area contributed by atoms with Crippen molar-refractivity contribution in [3.05, 3.63) is 84.2 Å². The predicted molar refractivity (Wildman–Crippen MR) is 110 cm³/mol. The van der Waals surface area contributed by atoms with Crippen LogP contribution in [-0.2, 0) is 4.74 Å². The number of nitro groups is 1. The van der Waals surface area contributed by atoms with Crippen LogP contribution < -0.4 is 5.43 Å². The summed E-state index contributed by atoms with van der Waals surface area (Å²) in [4.78, 5) is 38.7. The number of carbonyl (C=O) groups excluding carboxylic acids is 1. The minimum absolute atomic E-state index is 0.0677. The highest BCUT2D eigenvalue weighted by atomic mass is 35.5. The number of nitrogens with zero attached hydrogens (tertiary/aromatic N) is 2. The molecule has 0 radical (unpaired) electrons. The molecule has 4 rings (SSSR count). The Kier molecular flexibility index (Phi) is 5.05. The molecular formula is C21H17ClN2O6. The van der Waals surface area contributed by atoms with Gasteiger partial charge in [-0.05, 0) is 30.2 Å². The Bertz CT molecular complexity index is 1250. The number of methoxy groups -OCH3 is 1. The molecule has 0 saturated carbocycles. The van der Waals surface area contributed by atoms with Gasteiger partial charge in [-0.25, -0.2) is 0 Å². The van der Waals surface area contributed by atoms with Gasteiger partial charge >= 0.3 is 0 Å². The maximum Gasteiger partial charge on any atom is 0.290 e. The highest BCUT2D eigenvalue weighted by molar-refractivity contribution is 6.32. The Morgan fingerprint density at radius 2 is 2.03 bits per heavy atom. The quantitative estimate of drug-likeness (QED) is 0.451. The molecular weight excluding hydrogens is 412 g/mol. The van der Waals surface area contributed by atoms with Gasteiger partial charge < -0.3 is 14.1 Å². The lowest BCUT2D eigenvalue weighted by molar-refractivity contribution is -0.384. The number of fused-ring (bicyclic) bond motifs is 2. The molecule has 1 aliphatic rings. The summed E-state index contributed by atoms with van der Waals surface area (Å²) in [6.07, 6.45) is 0. The lowest BCUT2D eigenvalue weighted by Gasteiger charge is -2.24. The summed E-state index contributed by atoms with van der Waals surface area (Å²) in [7, 11) is 1.50. The minimum Gasteiger partial charge on any atom is -0.450 e. The van der Waals surface area contributed by atoms with Gasteiger partial charge in [-0.3, -0.25) is 19.7 Å². The molecule has 2 heterocycles. The number of halogens is 1. The number of nitro benzene ring substituents is 1. The van der Waals surface area contributed by atoms with Crippen molar-refractivity contribution in [1.29, 1.82) is 0 Å². The third kappa shape index (κ3) is 3.14. The Labute approximate surface area is 175 Å². The van der Waals surface area contributed by atoms with E-state index in [4.69, 9.17) is 20.8 Å². The summed E-state index contributed by atoms with van der Waals surface area (Å²) in [5, 5.41) is 11.9. The summed E-state index contributed by atoms with van der Waals surface area (Å²) < 4.78 is 11.0. The van der Waals surface area contributed by atoms with Crippen LogP contribution in [0.25, 0.3) is 11.0 Å². The number of ether oxygens (including phenoxy) is 1. The highest BCUT2D eigenvalue weighted by Crippen LogP contribution is 2.39. The van der Waals surface area contributed by atoms with E-state index in [2.05, 4.69) is 0 Å². The highest BCUT2D eigenvalue weighted by Gasteiger charge is 2.42. The van der Waals surface area contributed by atoms with Gasteiger partial charge in [-0.2, -0.15) is 0 Å². The maximum atomic E-state index is 13.4. The average Bonchev–Trinajstić information content (AvgIpc) is 3.00. The molecule has 9 heteroatoms. The maximum absolute atomic E-state index is 13.4. The van der Waals surface area contributed by atoms with E-state index in [0.29, 0.717) is 16.1 Å². The summed E-state index contributed by atoms with van der Waals surface area (Å²) in [6.45, 7) is 2.18. The van der Waals surface area contributed by atoms with Gasteiger partial charge in [0.15, 0.2) is 5.43 Å². The molecule has 0 N–H and O–H groups in total. The van der Waals surface area contributed by atoms with E-state index in [9.17, 15) is 19.7 Å². The molecule has 0 spiro atoms. The lowest BCUT2D eigenvalue weighted by atomic mass is 9.98. The van der Waals surface area contributed by atoms with Crippen LogP contribution in [0, 0.1) is 17.0 Å². The molecule has 8 nitrogen and oxygen atoms in total. The molecule has 1 atom stereocenters. The van der Waals surface area contributed by atoms with Gasteiger partial charge in [0.25, 0.3) is 11.6 Å². The van der Waals surface area contributed by atoms with Crippen molar-refractivity contribution in [2.75, 3.05) is 20.3 Å². The first-order valence-electron chi connectivity index (χ1n) is 9.14. The summed E-state index contributed by atoms with van der Waals surface area (Å²) in [5.74, 6) is -0.535. The van der Waals surface area contributed by atoms with Gasteiger partial charge in [0.1, 0.15) is 5.58 Å². The van der Waals surface area contributed by atoms with Crippen LogP contribution in [0.2, 0.25) is 5.02 Å². The van der Waals surface area contributed by atoms with E-state index >= 15 is 0 Å². The van der Waals surface area contributed by atoms with Crippen LogP contribution in [-0.4, -0.2) is 36.0 Å².